The van der Waals surface area contributed by atoms with E-state index in [0.717, 1.165) is 50.1 Å². The second kappa shape index (κ2) is 8.74. The van der Waals surface area contributed by atoms with Gasteiger partial charge in [0.15, 0.2) is 11.6 Å². The Labute approximate surface area is 176 Å². The molecule has 1 saturated carbocycles. The first-order valence-corrected chi connectivity index (χ1v) is 10.2. The Morgan fingerprint density at radius 1 is 1.37 bits per heavy atom. The standard InChI is InChI=1S/C21H28N6O3/c1-23-18-19(22)25-21(30-11-13-3-4-13)26-20(18)27(12-28)10-14-7-15-9-24-6-5-16(15)17(8-14)29-2/h7-8,12-13,23-24H,3-6,9-11H2,1-2H3,(H2,22,25,26). The van der Waals surface area contributed by atoms with Crippen LogP contribution < -0.4 is 30.7 Å². The van der Waals surface area contributed by atoms with Crippen LogP contribution in [0.3, 0.4) is 0 Å². The van der Waals surface area contributed by atoms with Crippen molar-refractivity contribution < 1.29 is 14.3 Å². The monoisotopic (exact) mass is 412 g/mol. The third-order valence-corrected chi connectivity index (χ3v) is 5.49. The van der Waals surface area contributed by atoms with Gasteiger partial charge >= 0.3 is 6.01 Å². The minimum Gasteiger partial charge on any atom is -0.496 e. The Kier molecular flexibility index (Phi) is 5.89. The number of nitrogen functional groups attached to an aromatic ring is 1. The number of hydrogen-bond acceptors (Lipinski definition) is 8. The summed E-state index contributed by atoms with van der Waals surface area (Å²) >= 11 is 0. The highest BCUT2D eigenvalue weighted by atomic mass is 16.5. The Balaban J connectivity index is 1.64. The molecule has 0 radical (unpaired) electrons. The summed E-state index contributed by atoms with van der Waals surface area (Å²) in [5.74, 6) is 2.04. The maximum atomic E-state index is 12.0. The van der Waals surface area contributed by atoms with Gasteiger partial charge in [-0.15, -0.1) is 0 Å². The van der Waals surface area contributed by atoms with Crippen molar-refractivity contribution in [2.24, 2.45) is 5.92 Å². The minimum absolute atomic E-state index is 0.187. The fourth-order valence-corrected chi connectivity index (χ4v) is 3.71. The highest BCUT2D eigenvalue weighted by molar-refractivity contribution is 5.85. The third-order valence-electron chi connectivity index (χ3n) is 5.49. The van der Waals surface area contributed by atoms with Gasteiger partial charge in [-0.1, -0.05) is 6.07 Å². The fraction of sp³-hybridized carbons (Fsp3) is 0.476. The Bertz CT molecular complexity index is 914. The van der Waals surface area contributed by atoms with E-state index in [1.165, 1.54) is 16.0 Å². The molecule has 2 heterocycles. The molecule has 9 heteroatoms. The van der Waals surface area contributed by atoms with Crippen molar-refractivity contribution in [2.75, 3.05) is 43.3 Å². The second-order valence-corrected chi connectivity index (χ2v) is 7.69. The molecule has 2 aliphatic rings. The molecule has 1 amide bonds. The molecule has 1 aromatic heterocycles. The van der Waals surface area contributed by atoms with E-state index in [4.69, 9.17) is 15.2 Å². The van der Waals surface area contributed by atoms with Crippen LogP contribution in [0.5, 0.6) is 11.8 Å². The van der Waals surface area contributed by atoms with Gasteiger partial charge in [-0.25, -0.2) is 0 Å². The Hall–Kier alpha value is -3.07. The molecule has 1 aromatic carbocycles. The van der Waals surface area contributed by atoms with Crippen molar-refractivity contribution in [3.8, 4) is 11.8 Å². The summed E-state index contributed by atoms with van der Waals surface area (Å²) in [7, 11) is 3.40. The van der Waals surface area contributed by atoms with E-state index in [1.54, 1.807) is 14.2 Å². The number of aromatic nitrogens is 2. The summed E-state index contributed by atoms with van der Waals surface area (Å²) in [6.07, 6.45) is 3.99. The SMILES string of the molecule is CNc1c(N)nc(OCC2CC2)nc1N(C=O)Cc1cc2c(c(OC)c1)CCNC2. The normalized spacial score (nSPS) is 15.3. The summed E-state index contributed by atoms with van der Waals surface area (Å²) < 4.78 is 11.3. The first-order chi connectivity index (χ1) is 14.6. The first-order valence-electron chi connectivity index (χ1n) is 10.2. The molecule has 2 aromatic rings. The van der Waals surface area contributed by atoms with E-state index in [-0.39, 0.29) is 11.8 Å². The van der Waals surface area contributed by atoms with Crippen LogP contribution in [0.4, 0.5) is 17.3 Å². The first kappa shape index (κ1) is 20.2. The van der Waals surface area contributed by atoms with Crippen molar-refractivity contribution in [3.05, 3.63) is 28.8 Å². The molecule has 1 aliphatic carbocycles. The average molecular weight is 412 g/mol. The number of fused-ring (bicyclic) bond motifs is 1. The largest absolute Gasteiger partial charge is 0.496 e. The summed E-state index contributed by atoms with van der Waals surface area (Å²) in [4.78, 5) is 22.2. The van der Waals surface area contributed by atoms with Gasteiger partial charge in [0.1, 0.15) is 11.4 Å². The van der Waals surface area contributed by atoms with Crippen LogP contribution in [0.25, 0.3) is 0 Å². The van der Waals surface area contributed by atoms with Crippen LogP contribution in [0.15, 0.2) is 12.1 Å². The molecule has 9 nitrogen and oxygen atoms in total. The van der Waals surface area contributed by atoms with Crippen LogP contribution in [0.2, 0.25) is 0 Å². The van der Waals surface area contributed by atoms with Gasteiger partial charge in [0.2, 0.25) is 6.41 Å². The third kappa shape index (κ3) is 4.25. The van der Waals surface area contributed by atoms with Gasteiger partial charge in [-0.05, 0) is 54.5 Å². The number of rotatable bonds is 9. The Morgan fingerprint density at radius 2 is 2.20 bits per heavy atom. The number of nitrogens with zero attached hydrogens (tertiary/aromatic N) is 3. The number of anilines is 3. The summed E-state index contributed by atoms with van der Waals surface area (Å²) in [6.45, 7) is 2.59. The lowest BCUT2D eigenvalue weighted by molar-refractivity contribution is -0.107. The molecule has 1 aliphatic heterocycles. The minimum atomic E-state index is 0.187. The molecule has 4 rings (SSSR count). The van der Waals surface area contributed by atoms with E-state index >= 15 is 0 Å². The van der Waals surface area contributed by atoms with Gasteiger partial charge < -0.3 is 25.8 Å². The molecular formula is C21H28N6O3. The zero-order valence-electron chi connectivity index (χ0n) is 17.4. The van der Waals surface area contributed by atoms with Gasteiger partial charge in [0.25, 0.3) is 0 Å². The molecule has 160 valence electrons. The molecule has 0 bridgehead atoms. The van der Waals surface area contributed by atoms with Crippen molar-refractivity contribution >= 4 is 23.7 Å². The number of carbonyl (C=O) groups excluding carboxylic acids is 1. The fourth-order valence-electron chi connectivity index (χ4n) is 3.71. The van der Waals surface area contributed by atoms with Crippen LogP contribution >= 0.6 is 0 Å². The lowest BCUT2D eigenvalue weighted by Gasteiger charge is -2.24. The maximum Gasteiger partial charge on any atom is 0.320 e. The predicted octanol–water partition coefficient (Wildman–Crippen LogP) is 1.71. The lowest BCUT2D eigenvalue weighted by atomic mass is 9.97. The van der Waals surface area contributed by atoms with Crippen molar-refractivity contribution in [1.29, 1.82) is 0 Å². The zero-order chi connectivity index (χ0) is 21.1. The van der Waals surface area contributed by atoms with Crippen molar-refractivity contribution in [3.63, 3.8) is 0 Å². The highest BCUT2D eigenvalue weighted by Crippen LogP contribution is 2.34. The number of carbonyl (C=O) groups is 1. The summed E-state index contributed by atoms with van der Waals surface area (Å²) in [5.41, 5.74) is 9.96. The summed E-state index contributed by atoms with van der Waals surface area (Å²) in [5, 5.41) is 6.38. The number of nitrogens with one attached hydrogen (secondary N) is 2. The molecule has 1 fully saturated rings. The number of benzene rings is 1. The van der Waals surface area contributed by atoms with Crippen LogP contribution in [-0.2, 0) is 24.3 Å². The summed E-state index contributed by atoms with van der Waals surface area (Å²) in [6, 6.07) is 4.27. The number of nitrogens with two attached hydrogens (primary N) is 1. The van der Waals surface area contributed by atoms with E-state index in [9.17, 15) is 4.79 Å². The quantitative estimate of drug-likeness (QED) is 0.533. The van der Waals surface area contributed by atoms with E-state index in [0.29, 0.717) is 30.6 Å². The molecule has 4 N–H and O–H groups in total. The second-order valence-electron chi connectivity index (χ2n) is 7.69. The van der Waals surface area contributed by atoms with Gasteiger partial charge in [0, 0.05) is 13.6 Å². The van der Waals surface area contributed by atoms with Gasteiger partial charge in [-0.2, -0.15) is 9.97 Å². The molecular weight excluding hydrogens is 384 g/mol. The molecule has 0 unspecified atom stereocenters. The molecule has 0 spiro atoms. The molecule has 0 saturated heterocycles. The van der Waals surface area contributed by atoms with Gasteiger partial charge in [-0.3, -0.25) is 9.69 Å². The predicted molar refractivity (Wildman–Crippen MR) is 115 cm³/mol. The molecule has 0 atom stereocenters. The van der Waals surface area contributed by atoms with Crippen LogP contribution in [0, 0.1) is 5.92 Å². The van der Waals surface area contributed by atoms with Crippen molar-refractivity contribution in [1.82, 2.24) is 15.3 Å². The van der Waals surface area contributed by atoms with E-state index < -0.39 is 0 Å². The smallest absolute Gasteiger partial charge is 0.320 e. The number of amides is 1. The topological polar surface area (TPSA) is 115 Å². The molecule has 30 heavy (non-hydrogen) atoms. The zero-order valence-corrected chi connectivity index (χ0v) is 17.4. The van der Waals surface area contributed by atoms with Crippen molar-refractivity contribution in [2.45, 2.75) is 32.4 Å². The Morgan fingerprint density at radius 3 is 2.90 bits per heavy atom. The van der Waals surface area contributed by atoms with Crippen LogP contribution in [-0.4, -0.2) is 43.7 Å². The van der Waals surface area contributed by atoms with Gasteiger partial charge in [0.05, 0.1) is 20.3 Å². The number of hydrogen-bond donors (Lipinski definition) is 3. The number of ether oxygens (including phenoxy) is 2. The average Bonchev–Trinajstić information content (AvgIpc) is 3.59. The van der Waals surface area contributed by atoms with E-state index in [2.05, 4.69) is 26.7 Å². The highest BCUT2D eigenvalue weighted by Gasteiger charge is 2.24. The number of methoxy groups -OCH3 is 1. The maximum absolute atomic E-state index is 12.0. The lowest BCUT2D eigenvalue weighted by Crippen LogP contribution is -2.26. The van der Waals surface area contributed by atoms with Crippen LogP contribution in [0.1, 0.15) is 29.5 Å². The van der Waals surface area contributed by atoms with E-state index in [1.807, 2.05) is 6.07 Å².